The van der Waals surface area contributed by atoms with Crippen LogP contribution in [0.5, 0.6) is 0 Å². The minimum absolute atomic E-state index is 0.499. The van der Waals surface area contributed by atoms with E-state index in [9.17, 15) is 0 Å². The average Bonchev–Trinajstić information content (AvgIpc) is 2.69. The molecular weight excluding hydrogens is 308 g/mol. The van der Waals surface area contributed by atoms with Crippen molar-refractivity contribution in [2.45, 2.75) is 89.3 Å². The van der Waals surface area contributed by atoms with Crippen molar-refractivity contribution in [3.05, 3.63) is 35.9 Å². The van der Waals surface area contributed by atoms with Gasteiger partial charge in [0.2, 0.25) is 0 Å². The van der Waals surface area contributed by atoms with E-state index < -0.39 is 0 Å². The lowest BCUT2D eigenvalue weighted by Gasteiger charge is -2.32. The van der Waals surface area contributed by atoms with Gasteiger partial charge in [-0.25, -0.2) is 0 Å². The van der Waals surface area contributed by atoms with Crippen LogP contribution in [0.25, 0.3) is 0 Å². The lowest BCUT2D eigenvalue weighted by atomic mass is 9.82. The van der Waals surface area contributed by atoms with Gasteiger partial charge in [-0.2, -0.15) is 0 Å². The number of benzene rings is 1. The Kier molecular flexibility index (Phi) is 7.81. The van der Waals surface area contributed by atoms with Gasteiger partial charge in [0.1, 0.15) is 0 Å². The second-order valence-corrected chi connectivity index (χ2v) is 8.08. The molecule has 25 heavy (non-hydrogen) atoms. The summed E-state index contributed by atoms with van der Waals surface area (Å²) in [5, 5.41) is 0. The molecule has 0 atom stereocenters. The van der Waals surface area contributed by atoms with Crippen LogP contribution in [-0.2, 0) is 9.47 Å². The van der Waals surface area contributed by atoms with E-state index in [4.69, 9.17) is 9.47 Å². The SMILES string of the molecule is CCCCO[C@H]1CC[C@H](CO[C@H]2CC[C@H](c3ccccc3)CC2)CC1. The van der Waals surface area contributed by atoms with Crippen molar-refractivity contribution >= 4 is 0 Å². The third-order valence-electron chi connectivity index (χ3n) is 6.16. The van der Waals surface area contributed by atoms with Gasteiger partial charge in [-0.1, -0.05) is 43.7 Å². The van der Waals surface area contributed by atoms with Crippen molar-refractivity contribution < 1.29 is 9.47 Å². The van der Waals surface area contributed by atoms with Crippen LogP contribution in [0.1, 0.15) is 82.6 Å². The van der Waals surface area contributed by atoms with Gasteiger partial charge in [0.05, 0.1) is 12.2 Å². The van der Waals surface area contributed by atoms with E-state index in [0.29, 0.717) is 12.2 Å². The first kappa shape index (κ1) is 18.9. The fourth-order valence-electron chi connectivity index (χ4n) is 4.42. The summed E-state index contributed by atoms with van der Waals surface area (Å²) in [4.78, 5) is 0. The second-order valence-electron chi connectivity index (χ2n) is 8.08. The van der Waals surface area contributed by atoms with Gasteiger partial charge >= 0.3 is 0 Å². The minimum Gasteiger partial charge on any atom is -0.378 e. The smallest absolute Gasteiger partial charge is 0.0575 e. The van der Waals surface area contributed by atoms with Crippen LogP contribution in [0.15, 0.2) is 30.3 Å². The molecule has 0 radical (unpaired) electrons. The highest BCUT2D eigenvalue weighted by molar-refractivity contribution is 5.19. The Morgan fingerprint density at radius 1 is 0.800 bits per heavy atom. The van der Waals surface area contributed by atoms with E-state index >= 15 is 0 Å². The first-order chi connectivity index (χ1) is 12.3. The van der Waals surface area contributed by atoms with Crippen molar-refractivity contribution in [3.8, 4) is 0 Å². The van der Waals surface area contributed by atoms with E-state index in [0.717, 1.165) is 25.0 Å². The lowest BCUT2D eigenvalue weighted by Crippen LogP contribution is -2.27. The first-order valence-electron chi connectivity index (χ1n) is 10.6. The normalized spacial score (nSPS) is 30.3. The number of hydrogen-bond acceptors (Lipinski definition) is 2. The van der Waals surface area contributed by atoms with Gasteiger partial charge in [0, 0.05) is 13.2 Å². The third kappa shape index (κ3) is 6.11. The molecule has 0 aliphatic heterocycles. The molecule has 3 rings (SSSR count). The molecule has 2 fully saturated rings. The molecule has 1 aromatic rings. The zero-order valence-electron chi connectivity index (χ0n) is 16.0. The molecule has 0 bridgehead atoms. The molecule has 2 aliphatic carbocycles. The van der Waals surface area contributed by atoms with Gasteiger partial charge in [-0.05, 0) is 75.2 Å². The fourth-order valence-corrected chi connectivity index (χ4v) is 4.42. The van der Waals surface area contributed by atoms with Crippen LogP contribution < -0.4 is 0 Å². The molecule has 2 nitrogen and oxygen atoms in total. The Bertz CT molecular complexity index is 456. The number of unbranched alkanes of at least 4 members (excludes halogenated alkanes) is 1. The Balaban J connectivity index is 1.29. The highest BCUT2D eigenvalue weighted by Crippen LogP contribution is 2.34. The standard InChI is InChI=1S/C23H36O2/c1-2-3-17-24-22-13-9-19(10-14-22)18-25-23-15-11-21(12-16-23)20-7-5-4-6-8-20/h4-8,19,21-23H,2-3,9-18H2,1H3/t19-,21-,22-,23-. The van der Waals surface area contributed by atoms with Crippen molar-refractivity contribution in [2.24, 2.45) is 5.92 Å². The lowest BCUT2D eigenvalue weighted by molar-refractivity contribution is -0.0255. The van der Waals surface area contributed by atoms with Crippen LogP contribution >= 0.6 is 0 Å². The van der Waals surface area contributed by atoms with E-state index in [-0.39, 0.29) is 0 Å². The average molecular weight is 345 g/mol. The Morgan fingerprint density at radius 2 is 1.44 bits per heavy atom. The summed E-state index contributed by atoms with van der Waals surface area (Å²) < 4.78 is 12.3. The maximum atomic E-state index is 6.30. The number of rotatable bonds is 8. The topological polar surface area (TPSA) is 18.5 Å². The quantitative estimate of drug-likeness (QED) is 0.530. The van der Waals surface area contributed by atoms with E-state index in [1.54, 1.807) is 0 Å². The number of ether oxygens (including phenoxy) is 2. The van der Waals surface area contributed by atoms with Crippen molar-refractivity contribution in [3.63, 3.8) is 0 Å². The minimum atomic E-state index is 0.499. The van der Waals surface area contributed by atoms with Gasteiger partial charge in [-0.15, -0.1) is 0 Å². The summed E-state index contributed by atoms with van der Waals surface area (Å²) in [5.41, 5.74) is 1.52. The summed E-state index contributed by atoms with van der Waals surface area (Å²) in [6, 6.07) is 11.0. The molecule has 0 spiro atoms. The van der Waals surface area contributed by atoms with Crippen LogP contribution in [0, 0.1) is 5.92 Å². The van der Waals surface area contributed by atoms with Crippen molar-refractivity contribution in [2.75, 3.05) is 13.2 Å². The second kappa shape index (κ2) is 10.3. The first-order valence-corrected chi connectivity index (χ1v) is 10.6. The fraction of sp³-hybridized carbons (Fsp3) is 0.739. The van der Waals surface area contributed by atoms with Crippen LogP contribution in [0.3, 0.4) is 0 Å². The van der Waals surface area contributed by atoms with E-state index in [1.807, 2.05) is 0 Å². The Labute approximate surface area is 154 Å². The molecule has 0 aromatic heterocycles. The zero-order valence-corrected chi connectivity index (χ0v) is 16.0. The number of hydrogen-bond donors (Lipinski definition) is 0. The maximum Gasteiger partial charge on any atom is 0.0575 e. The molecule has 0 saturated heterocycles. The summed E-state index contributed by atoms with van der Waals surface area (Å²) >= 11 is 0. The Hall–Kier alpha value is -0.860. The zero-order chi connectivity index (χ0) is 17.3. The van der Waals surface area contributed by atoms with Gasteiger partial charge in [0.15, 0.2) is 0 Å². The van der Waals surface area contributed by atoms with Crippen molar-refractivity contribution in [1.82, 2.24) is 0 Å². The van der Waals surface area contributed by atoms with Crippen LogP contribution in [0.4, 0.5) is 0 Å². The maximum absolute atomic E-state index is 6.30. The molecule has 0 heterocycles. The van der Waals surface area contributed by atoms with Gasteiger partial charge in [0.25, 0.3) is 0 Å². The van der Waals surface area contributed by atoms with Crippen molar-refractivity contribution in [1.29, 1.82) is 0 Å². The molecule has 2 saturated carbocycles. The summed E-state index contributed by atoms with van der Waals surface area (Å²) in [7, 11) is 0. The summed E-state index contributed by atoms with van der Waals surface area (Å²) in [5.74, 6) is 1.51. The third-order valence-corrected chi connectivity index (χ3v) is 6.16. The van der Waals surface area contributed by atoms with E-state index in [1.165, 1.54) is 69.8 Å². The Morgan fingerprint density at radius 3 is 2.12 bits per heavy atom. The van der Waals surface area contributed by atoms with E-state index in [2.05, 4.69) is 37.3 Å². The molecule has 1 aromatic carbocycles. The molecule has 0 amide bonds. The molecule has 0 unspecified atom stereocenters. The van der Waals surface area contributed by atoms with Crippen LogP contribution in [-0.4, -0.2) is 25.4 Å². The summed E-state index contributed by atoms with van der Waals surface area (Å²) in [6.07, 6.45) is 13.5. The summed E-state index contributed by atoms with van der Waals surface area (Å²) in [6.45, 7) is 4.15. The predicted octanol–water partition coefficient (Wildman–Crippen LogP) is 6.10. The predicted molar refractivity (Wildman–Crippen MR) is 104 cm³/mol. The molecular formula is C23H36O2. The molecule has 140 valence electrons. The molecule has 0 N–H and O–H groups in total. The molecule has 2 heteroatoms. The highest BCUT2D eigenvalue weighted by atomic mass is 16.5. The monoisotopic (exact) mass is 344 g/mol. The van der Waals surface area contributed by atoms with Gasteiger partial charge in [-0.3, -0.25) is 0 Å². The largest absolute Gasteiger partial charge is 0.378 e. The van der Waals surface area contributed by atoms with Gasteiger partial charge < -0.3 is 9.47 Å². The molecule has 2 aliphatic rings. The van der Waals surface area contributed by atoms with Crippen LogP contribution in [0.2, 0.25) is 0 Å². The highest BCUT2D eigenvalue weighted by Gasteiger charge is 2.25.